The third kappa shape index (κ3) is 3.06. The van der Waals surface area contributed by atoms with Gasteiger partial charge in [-0.2, -0.15) is 0 Å². The molecular weight excluding hydrogens is 363 g/mol. The second-order valence-corrected chi connectivity index (χ2v) is 4.94. The molecule has 0 saturated carbocycles. The van der Waals surface area contributed by atoms with E-state index in [0.717, 1.165) is 18.3 Å². The number of esters is 1. The van der Waals surface area contributed by atoms with Crippen molar-refractivity contribution < 1.29 is 9.53 Å². The Bertz CT molecular complexity index is 330. The molecule has 0 amide bonds. The Labute approximate surface area is 102 Å². The van der Waals surface area contributed by atoms with E-state index in [1.54, 1.807) is 12.1 Å². The summed E-state index contributed by atoms with van der Waals surface area (Å²) in [6.07, 6.45) is 0.544. The number of carbonyl (C=O) groups excluding carboxylic acids is 1. The summed E-state index contributed by atoms with van der Waals surface area (Å²) in [6.45, 7) is 0. The van der Waals surface area contributed by atoms with Gasteiger partial charge in [-0.25, -0.2) is 4.79 Å². The van der Waals surface area contributed by atoms with Gasteiger partial charge in [-0.15, -0.1) is 0 Å². The molecule has 0 atom stereocenters. The van der Waals surface area contributed by atoms with E-state index < -0.39 is 0 Å². The van der Waals surface area contributed by atoms with Crippen LogP contribution in [-0.4, -0.2) is 22.4 Å². The Morgan fingerprint density at radius 3 is 2.85 bits per heavy atom. The molecule has 0 N–H and O–H groups in total. The highest BCUT2D eigenvalue weighted by atomic mass is 127. The van der Waals surface area contributed by atoms with Crippen molar-refractivity contribution in [2.24, 2.45) is 0 Å². The summed E-state index contributed by atoms with van der Waals surface area (Å²) in [5.41, 5.74) is 0.600. The molecule has 0 aliphatic rings. The molecule has 1 rings (SSSR count). The van der Waals surface area contributed by atoms with E-state index in [9.17, 15) is 4.79 Å². The lowest BCUT2D eigenvalue weighted by molar-refractivity contribution is 0.0573. The number of hydrogen-bond donors (Lipinski definition) is 0. The molecule has 2 nitrogen and oxygen atoms in total. The summed E-state index contributed by atoms with van der Waals surface area (Å²) in [4.78, 5) is 11.3. The zero-order chi connectivity index (χ0) is 9.84. The molecule has 0 saturated heterocycles. The summed E-state index contributed by atoms with van der Waals surface area (Å²) in [5, 5.41) is 0. The molecular formula is C8H8BrIO2Si. The van der Waals surface area contributed by atoms with Crippen LogP contribution in [0.25, 0.3) is 0 Å². The van der Waals surface area contributed by atoms with Crippen molar-refractivity contribution in [2.75, 3.05) is 6.23 Å². The maximum Gasteiger partial charge on any atom is 0.337 e. The van der Waals surface area contributed by atoms with Gasteiger partial charge >= 0.3 is 5.97 Å². The van der Waals surface area contributed by atoms with Crippen LogP contribution in [0.5, 0.6) is 0 Å². The minimum Gasteiger partial charge on any atom is -0.467 e. The highest BCUT2D eigenvalue weighted by molar-refractivity contribution is 14.1. The molecule has 0 aliphatic heterocycles. The number of ether oxygens (including phenoxy) is 1. The Balaban J connectivity index is 2.90. The standard InChI is InChI=1S/C8H8BrIO2Si/c9-6-3-5(1-2-7(6)10)8(11)12-4-13/h1-3H,4H2,13H3. The van der Waals surface area contributed by atoms with Crippen LogP contribution in [0.2, 0.25) is 0 Å². The highest BCUT2D eigenvalue weighted by Crippen LogP contribution is 2.20. The van der Waals surface area contributed by atoms with Gasteiger partial charge in [0.05, 0.1) is 22.0 Å². The zero-order valence-electron chi connectivity index (χ0n) is 7.01. The number of halogens is 2. The normalized spacial score (nSPS) is 10.0. The summed E-state index contributed by atoms with van der Waals surface area (Å²) >= 11 is 5.55. The van der Waals surface area contributed by atoms with Crippen molar-refractivity contribution >= 4 is 54.7 Å². The van der Waals surface area contributed by atoms with E-state index in [-0.39, 0.29) is 5.97 Å². The van der Waals surface area contributed by atoms with Crippen molar-refractivity contribution in [2.45, 2.75) is 0 Å². The van der Waals surface area contributed by atoms with E-state index in [1.165, 1.54) is 0 Å². The van der Waals surface area contributed by atoms with Crippen LogP contribution >= 0.6 is 38.5 Å². The fraction of sp³-hybridized carbons (Fsp3) is 0.125. The monoisotopic (exact) mass is 370 g/mol. The molecule has 13 heavy (non-hydrogen) atoms. The molecule has 0 fully saturated rings. The van der Waals surface area contributed by atoms with Gasteiger partial charge < -0.3 is 4.74 Å². The Morgan fingerprint density at radius 2 is 2.31 bits per heavy atom. The summed E-state index contributed by atoms with van der Waals surface area (Å²) in [7, 11) is 0.878. The average Bonchev–Trinajstić information content (AvgIpc) is 2.10. The van der Waals surface area contributed by atoms with E-state index in [2.05, 4.69) is 38.5 Å². The van der Waals surface area contributed by atoms with E-state index in [4.69, 9.17) is 4.74 Å². The molecule has 1 aromatic carbocycles. The van der Waals surface area contributed by atoms with E-state index >= 15 is 0 Å². The summed E-state index contributed by atoms with van der Waals surface area (Å²) in [5.74, 6) is -0.243. The summed E-state index contributed by atoms with van der Waals surface area (Å²) < 4.78 is 6.93. The van der Waals surface area contributed by atoms with Gasteiger partial charge in [-0.3, -0.25) is 0 Å². The lowest BCUT2D eigenvalue weighted by atomic mass is 10.2. The molecule has 0 aliphatic carbocycles. The predicted octanol–water partition coefficient (Wildman–Crippen LogP) is 1.53. The molecule has 1 aromatic rings. The van der Waals surface area contributed by atoms with Crippen molar-refractivity contribution in [1.29, 1.82) is 0 Å². The average molecular weight is 371 g/mol. The Kier molecular flexibility index (Phi) is 4.40. The first-order chi connectivity index (χ1) is 6.15. The predicted molar refractivity (Wildman–Crippen MR) is 67.1 cm³/mol. The van der Waals surface area contributed by atoms with Crippen molar-refractivity contribution in [3.63, 3.8) is 0 Å². The zero-order valence-corrected chi connectivity index (χ0v) is 12.8. The third-order valence-electron chi connectivity index (χ3n) is 1.43. The maximum atomic E-state index is 11.3. The van der Waals surface area contributed by atoms with Crippen LogP contribution in [0.3, 0.4) is 0 Å². The molecule has 5 heteroatoms. The van der Waals surface area contributed by atoms with Gasteiger partial charge in [0.1, 0.15) is 0 Å². The summed E-state index contributed by atoms with van der Waals surface area (Å²) in [6, 6.07) is 5.43. The largest absolute Gasteiger partial charge is 0.467 e. The molecule has 0 bridgehead atoms. The lowest BCUT2D eigenvalue weighted by Gasteiger charge is -2.02. The Morgan fingerprint density at radius 1 is 1.62 bits per heavy atom. The molecule has 0 heterocycles. The molecule has 0 spiro atoms. The van der Waals surface area contributed by atoms with Gasteiger partial charge in [0.15, 0.2) is 0 Å². The van der Waals surface area contributed by atoms with Crippen LogP contribution < -0.4 is 0 Å². The number of hydrogen-bond acceptors (Lipinski definition) is 2. The van der Waals surface area contributed by atoms with Gasteiger partial charge in [0.25, 0.3) is 0 Å². The van der Waals surface area contributed by atoms with Gasteiger partial charge in [-0.1, -0.05) is 0 Å². The smallest absolute Gasteiger partial charge is 0.337 e. The number of carbonyl (C=O) groups is 1. The number of rotatable bonds is 2. The minimum atomic E-state index is -0.243. The van der Waals surface area contributed by atoms with Crippen LogP contribution in [0.4, 0.5) is 0 Å². The van der Waals surface area contributed by atoms with Crippen molar-refractivity contribution in [3.05, 3.63) is 31.8 Å². The van der Waals surface area contributed by atoms with E-state index in [1.807, 2.05) is 6.07 Å². The van der Waals surface area contributed by atoms with Crippen LogP contribution in [-0.2, 0) is 4.74 Å². The molecule has 0 aromatic heterocycles. The molecule has 0 radical (unpaired) electrons. The second kappa shape index (κ2) is 5.11. The fourth-order valence-electron chi connectivity index (χ4n) is 0.838. The Hall–Kier alpha value is 0.117. The van der Waals surface area contributed by atoms with Gasteiger partial charge in [-0.05, 0) is 56.7 Å². The maximum absolute atomic E-state index is 11.3. The SMILES string of the molecule is O=C(OC[SiH3])c1ccc(I)c(Br)c1. The first-order valence-corrected chi connectivity index (χ1v) is 7.06. The molecule has 0 unspecified atom stereocenters. The van der Waals surface area contributed by atoms with Gasteiger partial charge in [0, 0.05) is 8.04 Å². The highest BCUT2D eigenvalue weighted by Gasteiger charge is 2.07. The molecule has 70 valence electrons. The van der Waals surface area contributed by atoms with Crippen LogP contribution in [0.15, 0.2) is 22.7 Å². The third-order valence-corrected chi connectivity index (χ3v) is 4.06. The topological polar surface area (TPSA) is 26.3 Å². The van der Waals surface area contributed by atoms with Gasteiger partial charge in [0.2, 0.25) is 0 Å². The van der Waals surface area contributed by atoms with E-state index in [0.29, 0.717) is 11.8 Å². The van der Waals surface area contributed by atoms with Crippen molar-refractivity contribution in [3.8, 4) is 0 Å². The number of benzene rings is 1. The second-order valence-electron chi connectivity index (χ2n) is 2.35. The van der Waals surface area contributed by atoms with Crippen molar-refractivity contribution in [1.82, 2.24) is 0 Å². The van der Waals surface area contributed by atoms with Crippen LogP contribution in [0.1, 0.15) is 10.4 Å². The minimum absolute atomic E-state index is 0.243. The first-order valence-electron chi connectivity index (χ1n) is 3.77. The fourth-order valence-corrected chi connectivity index (χ4v) is 1.81. The first kappa shape index (κ1) is 11.2. The quantitative estimate of drug-likeness (QED) is 0.448. The lowest BCUT2D eigenvalue weighted by Crippen LogP contribution is -2.06. The van der Waals surface area contributed by atoms with Crippen LogP contribution in [0, 0.1) is 3.57 Å².